The number of likely N-dealkylation sites (tertiary alicyclic amines) is 1. The Kier molecular flexibility index (Phi) is 6.83. The number of fused-ring (bicyclic) bond motifs is 2. The number of pyridine rings is 1. The normalized spacial score (nSPS) is 17.7. The molecule has 0 aliphatic carbocycles. The third kappa shape index (κ3) is 4.93. The molecule has 1 saturated heterocycles. The van der Waals surface area contributed by atoms with E-state index in [1.165, 1.54) is 6.20 Å². The predicted molar refractivity (Wildman–Crippen MR) is 157 cm³/mol. The first kappa shape index (κ1) is 27.3. The second kappa shape index (κ2) is 10.5. The molecule has 1 aromatic heterocycles. The smallest absolute Gasteiger partial charge is 0.269 e. The lowest BCUT2D eigenvalue weighted by Crippen LogP contribution is -2.48. The second-order valence-corrected chi connectivity index (χ2v) is 10.8. The van der Waals surface area contributed by atoms with Crippen LogP contribution in [0, 0.1) is 11.3 Å². The number of amides is 2. The summed E-state index contributed by atoms with van der Waals surface area (Å²) in [5.74, 6) is -4.59. The third-order valence-corrected chi connectivity index (χ3v) is 7.86. The van der Waals surface area contributed by atoms with Crippen molar-refractivity contribution in [2.45, 2.75) is 17.9 Å². The molecule has 1 atom stereocenters. The summed E-state index contributed by atoms with van der Waals surface area (Å²) in [6.45, 7) is -1.47. The fraction of sp³-hybridized carbons (Fsp3) is 0.152. The van der Waals surface area contributed by atoms with Gasteiger partial charge in [0.2, 0.25) is 5.91 Å². The first-order valence-electron chi connectivity index (χ1n) is 13.2. The van der Waals surface area contributed by atoms with E-state index in [2.05, 4.69) is 10.3 Å². The molecule has 5 aromatic rings. The van der Waals surface area contributed by atoms with Crippen molar-refractivity contribution >= 4 is 45.1 Å². The van der Waals surface area contributed by atoms with E-state index in [1.54, 1.807) is 36.4 Å². The van der Waals surface area contributed by atoms with Crippen LogP contribution < -0.4 is 5.32 Å². The van der Waals surface area contributed by atoms with Crippen molar-refractivity contribution in [1.29, 1.82) is 5.26 Å². The van der Waals surface area contributed by atoms with E-state index in [0.717, 1.165) is 26.8 Å². The molecule has 2 amide bonds. The van der Waals surface area contributed by atoms with Crippen LogP contribution in [-0.4, -0.2) is 40.7 Å². The fourth-order valence-electron chi connectivity index (χ4n) is 5.60. The summed E-state index contributed by atoms with van der Waals surface area (Å²) in [6, 6.07) is 28.8. The predicted octanol–water partition coefficient (Wildman–Crippen LogP) is 6.72. The highest BCUT2D eigenvalue weighted by molar-refractivity contribution is 6.31. The summed E-state index contributed by atoms with van der Waals surface area (Å²) >= 11 is 6.12. The number of nitrogens with zero attached hydrogens (tertiary/aromatic N) is 3. The number of rotatable bonds is 5. The Morgan fingerprint density at radius 1 is 0.952 bits per heavy atom. The van der Waals surface area contributed by atoms with E-state index in [0.29, 0.717) is 21.5 Å². The van der Waals surface area contributed by atoms with Crippen molar-refractivity contribution in [1.82, 2.24) is 15.2 Å². The standard InChI is InChI=1S/C33H23ClF2N4O2/c34-26-10-8-22-14-21(6-7-23(22)15-26)24-9-11-29-28(16-24)27(12-13-38-29)31(42)39-17-30(41)40-20-33(35,36)18-32(40,19-37)25-4-2-1-3-5-25/h1-16H,17-18,20H2,(H,39,42). The maximum atomic E-state index is 14.6. The summed E-state index contributed by atoms with van der Waals surface area (Å²) in [5, 5.41) is 15.8. The van der Waals surface area contributed by atoms with Gasteiger partial charge in [-0.3, -0.25) is 14.6 Å². The second-order valence-electron chi connectivity index (χ2n) is 10.3. The molecule has 42 heavy (non-hydrogen) atoms. The zero-order chi connectivity index (χ0) is 29.5. The molecule has 6 rings (SSSR count). The molecule has 1 fully saturated rings. The molecule has 1 aliphatic rings. The Morgan fingerprint density at radius 2 is 1.67 bits per heavy atom. The van der Waals surface area contributed by atoms with Gasteiger partial charge in [-0.25, -0.2) is 8.78 Å². The molecule has 9 heteroatoms. The molecular formula is C33H23ClF2N4O2. The molecule has 0 saturated carbocycles. The highest BCUT2D eigenvalue weighted by Crippen LogP contribution is 2.45. The number of carbonyl (C=O) groups is 2. The monoisotopic (exact) mass is 580 g/mol. The molecule has 0 radical (unpaired) electrons. The van der Waals surface area contributed by atoms with Crippen LogP contribution in [0.15, 0.2) is 97.2 Å². The topological polar surface area (TPSA) is 86.1 Å². The van der Waals surface area contributed by atoms with Crippen LogP contribution >= 0.6 is 11.6 Å². The average molecular weight is 581 g/mol. The third-order valence-electron chi connectivity index (χ3n) is 7.62. The number of alkyl halides is 2. The van der Waals surface area contributed by atoms with E-state index in [4.69, 9.17) is 11.6 Å². The molecule has 1 unspecified atom stereocenters. The van der Waals surface area contributed by atoms with Crippen molar-refractivity contribution < 1.29 is 18.4 Å². The number of nitrogens with one attached hydrogen (secondary N) is 1. The van der Waals surface area contributed by atoms with Gasteiger partial charge >= 0.3 is 0 Å². The first-order valence-corrected chi connectivity index (χ1v) is 13.6. The minimum absolute atomic E-state index is 0.281. The van der Waals surface area contributed by atoms with Crippen molar-refractivity contribution in [2.75, 3.05) is 13.1 Å². The van der Waals surface area contributed by atoms with Crippen molar-refractivity contribution in [2.24, 2.45) is 0 Å². The molecule has 0 spiro atoms. The average Bonchev–Trinajstić information content (AvgIpc) is 3.31. The van der Waals surface area contributed by atoms with Crippen LogP contribution in [0.4, 0.5) is 8.78 Å². The molecule has 0 bridgehead atoms. The summed E-state index contributed by atoms with van der Waals surface area (Å²) in [6.07, 6.45) is 0.676. The quantitative estimate of drug-likeness (QED) is 0.250. The van der Waals surface area contributed by atoms with Crippen LogP contribution in [0.1, 0.15) is 22.3 Å². The fourth-order valence-corrected chi connectivity index (χ4v) is 5.78. The van der Waals surface area contributed by atoms with Crippen LogP contribution in [-0.2, 0) is 10.3 Å². The minimum atomic E-state index is -3.25. The van der Waals surface area contributed by atoms with Gasteiger partial charge in [0.05, 0.1) is 36.7 Å². The number of hydrogen-bond acceptors (Lipinski definition) is 4. The lowest BCUT2D eigenvalue weighted by Gasteiger charge is -2.32. The van der Waals surface area contributed by atoms with Gasteiger partial charge in [-0.05, 0) is 63.9 Å². The summed E-state index contributed by atoms with van der Waals surface area (Å²) < 4.78 is 29.2. The number of benzene rings is 4. The number of hydrogen-bond donors (Lipinski definition) is 1. The maximum absolute atomic E-state index is 14.6. The molecule has 6 nitrogen and oxygen atoms in total. The Labute approximate surface area is 245 Å². The maximum Gasteiger partial charge on any atom is 0.269 e. The highest BCUT2D eigenvalue weighted by Gasteiger charge is 2.58. The summed E-state index contributed by atoms with van der Waals surface area (Å²) in [4.78, 5) is 31.8. The molecule has 1 N–H and O–H groups in total. The number of carbonyl (C=O) groups excluding carboxylic acids is 2. The molecule has 2 heterocycles. The first-order chi connectivity index (χ1) is 20.2. The lowest BCUT2D eigenvalue weighted by atomic mass is 9.88. The zero-order valence-corrected chi connectivity index (χ0v) is 22.9. The van der Waals surface area contributed by atoms with Crippen molar-refractivity contribution in [3.05, 3.63) is 113 Å². The number of halogens is 3. The molecule has 4 aromatic carbocycles. The van der Waals surface area contributed by atoms with E-state index < -0.39 is 42.8 Å². The molecule has 208 valence electrons. The van der Waals surface area contributed by atoms with Gasteiger partial charge in [0.25, 0.3) is 11.8 Å². The Bertz CT molecular complexity index is 1910. The van der Waals surface area contributed by atoms with Crippen LogP contribution in [0.2, 0.25) is 5.02 Å². The minimum Gasteiger partial charge on any atom is -0.343 e. The zero-order valence-electron chi connectivity index (χ0n) is 22.2. The number of aromatic nitrogens is 1. The van der Waals surface area contributed by atoms with Gasteiger partial charge in [-0.1, -0.05) is 66.2 Å². The Balaban J connectivity index is 1.26. The van der Waals surface area contributed by atoms with E-state index in [9.17, 15) is 23.6 Å². The molecular weight excluding hydrogens is 558 g/mol. The summed E-state index contributed by atoms with van der Waals surface area (Å²) in [5.41, 5.74) is 1.12. The van der Waals surface area contributed by atoms with Crippen LogP contribution in [0.5, 0.6) is 0 Å². The Hall–Kier alpha value is -4.87. The van der Waals surface area contributed by atoms with Gasteiger partial charge in [0, 0.05) is 16.6 Å². The SMILES string of the molecule is N#CC1(c2ccccc2)CC(F)(F)CN1C(=O)CNC(=O)c1ccnc2ccc(-c3ccc4cc(Cl)ccc4c3)cc12. The van der Waals surface area contributed by atoms with E-state index in [1.807, 2.05) is 60.7 Å². The van der Waals surface area contributed by atoms with Gasteiger partial charge in [-0.15, -0.1) is 0 Å². The highest BCUT2D eigenvalue weighted by atomic mass is 35.5. The van der Waals surface area contributed by atoms with Crippen molar-refractivity contribution in [3.63, 3.8) is 0 Å². The van der Waals surface area contributed by atoms with Gasteiger partial charge in [-0.2, -0.15) is 5.26 Å². The van der Waals surface area contributed by atoms with Crippen molar-refractivity contribution in [3.8, 4) is 17.2 Å². The van der Waals surface area contributed by atoms with Gasteiger partial charge in [0.15, 0.2) is 5.54 Å². The lowest BCUT2D eigenvalue weighted by molar-refractivity contribution is -0.133. The Morgan fingerprint density at radius 3 is 2.45 bits per heavy atom. The molecule has 1 aliphatic heterocycles. The van der Waals surface area contributed by atoms with E-state index in [-0.39, 0.29) is 5.56 Å². The van der Waals surface area contributed by atoms with E-state index >= 15 is 0 Å². The largest absolute Gasteiger partial charge is 0.343 e. The van der Waals surface area contributed by atoms with Gasteiger partial charge in [0.1, 0.15) is 0 Å². The van der Waals surface area contributed by atoms with Crippen LogP contribution in [0.25, 0.3) is 32.8 Å². The number of nitriles is 1. The van der Waals surface area contributed by atoms with Gasteiger partial charge < -0.3 is 10.2 Å². The van der Waals surface area contributed by atoms with Crippen LogP contribution in [0.3, 0.4) is 0 Å². The summed E-state index contributed by atoms with van der Waals surface area (Å²) in [7, 11) is 0.